The van der Waals surface area contributed by atoms with Crippen LogP contribution in [0.1, 0.15) is 11.3 Å². The molecule has 0 atom stereocenters. The number of imidazole rings is 1. The zero-order chi connectivity index (χ0) is 15.7. The summed E-state index contributed by atoms with van der Waals surface area (Å²) in [7, 11) is 0. The van der Waals surface area contributed by atoms with Crippen molar-refractivity contribution >= 4 is 11.4 Å². The number of halogens is 3. The first-order valence-corrected chi connectivity index (χ1v) is 6.60. The molecule has 0 unspecified atom stereocenters. The minimum atomic E-state index is -1.53. The Kier molecular flexibility index (Phi) is 3.66. The second-order valence-corrected chi connectivity index (χ2v) is 4.94. The van der Waals surface area contributed by atoms with Crippen LogP contribution in [0.5, 0.6) is 0 Å². The molecule has 0 saturated heterocycles. The lowest BCUT2D eigenvalue weighted by molar-refractivity contribution is -0.117. The molecule has 0 N–H and O–H groups in total. The molecule has 0 fully saturated rings. The van der Waals surface area contributed by atoms with Crippen LogP contribution in [0.3, 0.4) is 0 Å². The van der Waals surface area contributed by atoms with Crippen molar-refractivity contribution in [2.24, 2.45) is 0 Å². The molecule has 0 spiro atoms. The first kappa shape index (κ1) is 14.3. The van der Waals surface area contributed by atoms with Crippen LogP contribution in [0, 0.1) is 17.5 Å². The van der Waals surface area contributed by atoms with Crippen LogP contribution < -0.4 is 0 Å². The van der Waals surface area contributed by atoms with Crippen molar-refractivity contribution in [3.05, 3.63) is 71.4 Å². The Morgan fingerprint density at radius 1 is 1.09 bits per heavy atom. The van der Waals surface area contributed by atoms with Crippen molar-refractivity contribution in [1.82, 2.24) is 9.38 Å². The van der Waals surface area contributed by atoms with E-state index in [0.717, 1.165) is 17.8 Å². The Morgan fingerprint density at radius 2 is 1.82 bits per heavy atom. The van der Waals surface area contributed by atoms with Gasteiger partial charge in [0.25, 0.3) is 0 Å². The lowest BCUT2D eigenvalue weighted by Crippen LogP contribution is -2.10. The molecule has 2 heterocycles. The maximum Gasteiger partial charge on any atom is 0.194 e. The van der Waals surface area contributed by atoms with Gasteiger partial charge in [-0.05, 0) is 29.8 Å². The fraction of sp³-hybridized carbons (Fsp3) is 0.125. The van der Waals surface area contributed by atoms with Crippen molar-refractivity contribution < 1.29 is 18.0 Å². The van der Waals surface area contributed by atoms with Gasteiger partial charge in [-0.25, -0.2) is 18.2 Å². The molecule has 6 heteroatoms. The summed E-state index contributed by atoms with van der Waals surface area (Å²) < 4.78 is 40.9. The fourth-order valence-corrected chi connectivity index (χ4v) is 2.35. The van der Waals surface area contributed by atoms with Crippen LogP contribution in [0.25, 0.3) is 5.65 Å². The van der Waals surface area contributed by atoms with Gasteiger partial charge in [0.1, 0.15) is 11.4 Å². The Bertz CT molecular complexity index is 834. The molecule has 0 radical (unpaired) electrons. The Balaban J connectivity index is 1.79. The summed E-state index contributed by atoms with van der Waals surface area (Å²) in [6.45, 7) is 0. The van der Waals surface area contributed by atoms with E-state index in [9.17, 15) is 18.0 Å². The van der Waals surface area contributed by atoms with Gasteiger partial charge in [-0.3, -0.25) is 4.79 Å². The van der Waals surface area contributed by atoms with Crippen LogP contribution in [-0.4, -0.2) is 15.2 Å². The van der Waals surface area contributed by atoms with E-state index < -0.39 is 17.5 Å². The third-order valence-electron chi connectivity index (χ3n) is 3.34. The Hall–Kier alpha value is -2.63. The van der Waals surface area contributed by atoms with Crippen LogP contribution in [-0.2, 0) is 17.6 Å². The van der Waals surface area contributed by atoms with Gasteiger partial charge in [0.2, 0.25) is 0 Å². The van der Waals surface area contributed by atoms with Gasteiger partial charge in [-0.15, -0.1) is 0 Å². The lowest BCUT2D eigenvalue weighted by Gasteiger charge is -2.06. The number of nitrogens with zero attached hydrogens (tertiary/aromatic N) is 2. The number of hydrogen-bond acceptors (Lipinski definition) is 2. The molecule has 0 aliphatic rings. The average molecular weight is 304 g/mol. The summed E-state index contributed by atoms with van der Waals surface area (Å²) in [5.41, 5.74) is 1.55. The smallest absolute Gasteiger partial charge is 0.194 e. The van der Waals surface area contributed by atoms with Gasteiger partial charge in [0, 0.05) is 30.9 Å². The quantitative estimate of drug-likeness (QED) is 0.694. The minimum absolute atomic E-state index is 0.0916. The normalized spacial score (nSPS) is 11.0. The van der Waals surface area contributed by atoms with E-state index in [-0.39, 0.29) is 24.2 Å². The van der Waals surface area contributed by atoms with Crippen molar-refractivity contribution in [3.8, 4) is 0 Å². The average Bonchev–Trinajstić information content (AvgIpc) is 2.94. The summed E-state index contributed by atoms with van der Waals surface area (Å²) >= 11 is 0. The topological polar surface area (TPSA) is 34.4 Å². The largest absolute Gasteiger partial charge is 0.304 e. The van der Waals surface area contributed by atoms with Crippen molar-refractivity contribution in [2.45, 2.75) is 12.8 Å². The molecule has 22 heavy (non-hydrogen) atoms. The standard InChI is InChI=1S/C16H11F3N2O/c17-13-7-10(8-14(18)16(13)19)6-12(22)9-11-2-1-3-15-20-4-5-21(11)15/h1-5,7-8H,6,9H2. The summed E-state index contributed by atoms with van der Waals surface area (Å²) in [6, 6.07) is 7.04. The molecule has 3 rings (SSSR count). The van der Waals surface area contributed by atoms with E-state index in [2.05, 4.69) is 4.98 Å². The molecule has 0 amide bonds. The van der Waals surface area contributed by atoms with Gasteiger partial charge < -0.3 is 4.40 Å². The second-order valence-electron chi connectivity index (χ2n) is 4.94. The summed E-state index contributed by atoms with van der Waals surface area (Å²) in [5.74, 6) is -4.34. The molecular weight excluding hydrogens is 293 g/mol. The van der Waals surface area contributed by atoms with Crippen molar-refractivity contribution in [3.63, 3.8) is 0 Å². The zero-order valence-corrected chi connectivity index (χ0v) is 11.4. The highest BCUT2D eigenvalue weighted by Crippen LogP contribution is 2.15. The highest BCUT2D eigenvalue weighted by atomic mass is 19.2. The number of pyridine rings is 1. The highest BCUT2D eigenvalue weighted by molar-refractivity contribution is 5.83. The van der Waals surface area contributed by atoms with Gasteiger partial charge in [0.05, 0.1) is 0 Å². The molecule has 2 aromatic heterocycles. The van der Waals surface area contributed by atoms with Crippen molar-refractivity contribution in [2.75, 3.05) is 0 Å². The second kappa shape index (κ2) is 5.63. The van der Waals surface area contributed by atoms with E-state index >= 15 is 0 Å². The van der Waals surface area contributed by atoms with E-state index in [0.29, 0.717) is 5.65 Å². The molecule has 0 aliphatic heterocycles. The maximum atomic E-state index is 13.1. The number of rotatable bonds is 4. The third kappa shape index (κ3) is 2.72. The Morgan fingerprint density at radius 3 is 2.55 bits per heavy atom. The number of ketones is 1. The fourth-order valence-electron chi connectivity index (χ4n) is 2.35. The summed E-state index contributed by atoms with van der Waals surface area (Å²) in [6.07, 6.45) is 3.27. The molecule has 0 saturated carbocycles. The van der Waals surface area contributed by atoms with Crippen LogP contribution in [0.4, 0.5) is 13.2 Å². The number of aromatic nitrogens is 2. The van der Waals surface area contributed by atoms with Crippen LogP contribution in [0.15, 0.2) is 42.7 Å². The van der Waals surface area contributed by atoms with E-state index in [1.165, 1.54) is 0 Å². The molecular formula is C16H11F3N2O. The molecule has 3 nitrogen and oxygen atoms in total. The predicted molar refractivity (Wildman–Crippen MR) is 73.9 cm³/mol. The number of carbonyl (C=O) groups excluding carboxylic acids is 1. The van der Waals surface area contributed by atoms with E-state index in [1.54, 1.807) is 35.0 Å². The summed E-state index contributed by atoms with van der Waals surface area (Å²) in [4.78, 5) is 16.2. The minimum Gasteiger partial charge on any atom is -0.304 e. The highest BCUT2D eigenvalue weighted by Gasteiger charge is 2.14. The van der Waals surface area contributed by atoms with Crippen LogP contribution in [0.2, 0.25) is 0 Å². The molecule has 3 aromatic rings. The van der Waals surface area contributed by atoms with E-state index in [1.807, 2.05) is 0 Å². The molecule has 0 aliphatic carbocycles. The predicted octanol–water partition coefficient (Wildman–Crippen LogP) is 3.11. The van der Waals surface area contributed by atoms with Gasteiger partial charge >= 0.3 is 0 Å². The van der Waals surface area contributed by atoms with Gasteiger partial charge in [-0.1, -0.05) is 6.07 Å². The monoisotopic (exact) mass is 304 g/mol. The first-order chi connectivity index (χ1) is 10.5. The third-order valence-corrected chi connectivity index (χ3v) is 3.34. The van der Waals surface area contributed by atoms with Gasteiger partial charge in [-0.2, -0.15) is 0 Å². The number of hydrogen-bond donors (Lipinski definition) is 0. The number of benzene rings is 1. The first-order valence-electron chi connectivity index (χ1n) is 6.60. The Labute approximate surface area is 124 Å². The van der Waals surface area contributed by atoms with E-state index in [4.69, 9.17) is 0 Å². The molecule has 112 valence electrons. The zero-order valence-electron chi connectivity index (χ0n) is 11.4. The van der Waals surface area contributed by atoms with Gasteiger partial charge in [0.15, 0.2) is 17.5 Å². The maximum absolute atomic E-state index is 13.1. The molecule has 0 bridgehead atoms. The van der Waals surface area contributed by atoms with Crippen molar-refractivity contribution in [1.29, 1.82) is 0 Å². The molecule has 1 aromatic carbocycles. The lowest BCUT2D eigenvalue weighted by atomic mass is 10.0. The number of carbonyl (C=O) groups is 1. The number of Topliss-reactive ketones (excluding diaryl/α,β-unsaturated/α-hetero) is 1. The van der Waals surface area contributed by atoms with Crippen LogP contribution >= 0.6 is 0 Å². The summed E-state index contributed by atoms with van der Waals surface area (Å²) in [5, 5.41) is 0. The number of fused-ring (bicyclic) bond motifs is 1. The SMILES string of the molecule is O=C(Cc1cc(F)c(F)c(F)c1)Cc1cccc2nccn12.